The van der Waals surface area contributed by atoms with Crippen molar-refractivity contribution in [3.63, 3.8) is 0 Å². The number of hydrogen-bond donors (Lipinski definition) is 0. The molecule has 2 aliphatic rings. The predicted octanol–water partition coefficient (Wildman–Crippen LogP) is 9.81. The Kier molecular flexibility index (Phi) is 8.29. The Morgan fingerprint density at radius 2 is 0.895 bits per heavy atom. The maximum absolute atomic E-state index is 3.53. The van der Waals surface area contributed by atoms with Crippen LogP contribution in [0, 0.1) is 0 Å². The number of fused-ring (bicyclic) bond motifs is 2. The van der Waals surface area contributed by atoms with E-state index in [4.69, 9.17) is 0 Å². The molecule has 38 heavy (non-hydrogen) atoms. The molecule has 0 amide bonds. The van der Waals surface area contributed by atoms with Gasteiger partial charge in [-0.15, -0.1) is 24.8 Å². The van der Waals surface area contributed by atoms with E-state index >= 15 is 0 Å². The molecule has 0 saturated heterocycles. The van der Waals surface area contributed by atoms with Gasteiger partial charge in [0, 0.05) is 0 Å². The van der Waals surface area contributed by atoms with E-state index in [0.717, 1.165) is 0 Å². The van der Waals surface area contributed by atoms with Crippen LogP contribution in [-0.4, -0.2) is 12.2 Å². The number of hydrogen-bond acceptors (Lipinski definition) is 0. The van der Waals surface area contributed by atoms with Gasteiger partial charge in [0.1, 0.15) is 0 Å². The molecule has 0 aromatic heterocycles. The standard InChI is InChI=1S/2C16H13.2CH3.2ClH.GeH2.Hf/c2*1-12-10-14-8-5-9-15(16(14)11-12)13-6-3-2-4-7-13;;;;;;/h2*2-11H,1H3;2*1H3;2*1H;1H2;. The Labute approximate surface area is 245 Å². The van der Waals surface area contributed by atoms with Crippen molar-refractivity contribution in [3.05, 3.63) is 130 Å². The Balaban J connectivity index is 0.00000168. The molecule has 194 valence electrons. The maximum atomic E-state index is 2.77. The van der Waals surface area contributed by atoms with E-state index in [1.807, 2.05) is 0 Å². The van der Waals surface area contributed by atoms with Crippen LogP contribution in [0.1, 0.15) is 43.5 Å². The smallest absolute Gasteiger partial charge is 0.147 e. The molecule has 0 heterocycles. The normalized spacial score (nSPS) is 17.9. The fourth-order valence-corrected chi connectivity index (χ4v) is 47.8. The zero-order valence-electron chi connectivity index (χ0n) is 22.6. The molecule has 0 fully saturated rings. The summed E-state index contributed by atoms with van der Waals surface area (Å²) in [6.07, 6.45) is 5.05. The number of halogens is 2. The van der Waals surface area contributed by atoms with Crippen molar-refractivity contribution >= 4 is 49.2 Å². The Morgan fingerprint density at radius 3 is 1.26 bits per heavy atom. The van der Waals surface area contributed by atoms with E-state index in [0.29, 0.717) is 7.35 Å². The van der Waals surface area contributed by atoms with Gasteiger partial charge >= 0.3 is 223 Å². The topological polar surface area (TPSA) is 0 Å². The van der Waals surface area contributed by atoms with Crippen molar-refractivity contribution in [1.29, 1.82) is 0 Å². The van der Waals surface area contributed by atoms with E-state index in [2.05, 4.69) is 132 Å². The molecule has 4 heteroatoms. The first kappa shape index (κ1) is 29.3. The van der Waals surface area contributed by atoms with Gasteiger partial charge in [-0.2, -0.15) is 0 Å². The van der Waals surface area contributed by atoms with E-state index in [1.54, 1.807) is 22.3 Å². The van der Waals surface area contributed by atoms with E-state index in [-0.39, 0.29) is 24.8 Å². The third-order valence-electron chi connectivity index (χ3n) is 8.62. The fraction of sp³-hybridized carbons (Fsp3) is 0.176. The van der Waals surface area contributed by atoms with Gasteiger partial charge < -0.3 is 0 Å². The van der Waals surface area contributed by atoms with Crippen LogP contribution in [-0.2, 0) is 15.4 Å². The average Bonchev–Trinajstić information content (AvgIpc) is 3.41. The Bertz CT molecular complexity index is 1510. The van der Waals surface area contributed by atoms with Gasteiger partial charge in [-0.1, -0.05) is 0 Å². The van der Waals surface area contributed by atoms with Crippen molar-refractivity contribution in [3.8, 4) is 22.3 Å². The van der Waals surface area contributed by atoms with E-state index in [9.17, 15) is 0 Å². The molecule has 4 aromatic carbocycles. The fourth-order valence-electron chi connectivity index (χ4n) is 7.53. The summed E-state index contributed by atoms with van der Waals surface area (Å²) >= 11 is -2.10. The predicted molar refractivity (Wildman–Crippen MR) is 171 cm³/mol. The zero-order chi connectivity index (χ0) is 25.1. The van der Waals surface area contributed by atoms with Gasteiger partial charge in [0.05, 0.1) is 0 Å². The van der Waals surface area contributed by atoms with Crippen molar-refractivity contribution in [2.24, 2.45) is 0 Å². The molecule has 2 aliphatic carbocycles. The average molecular weight is 767 g/mol. The van der Waals surface area contributed by atoms with E-state index in [1.165, 1.54) is 45.6 Å². The number of rotatable bonds is 4. The van der Waals surface area contributed by atoms with Crippen LogP contribution in [0.4, 0.5) is 0 Å². The largest absolute Gasteiger partial charge is 0.147 e. The summed E-state index contributed by atoms with van der Waals surface area (Å²) in [4.78, 5) is 0. The SMILES string of the molecule is CC1=Cc2c(-c3ccccc3)cccc2[CH]1[Hf]([CH3])([CH3])(=[GeH2])[CH]1C(C)=Cc2c(-c3ccccc3)cccc21.Cl.Cl. The quantitative estimate of drug-likeness (QED) is 0.182. The van der Waals surface area contributed by atoms with Gasteiger partial charge in [-0.25, -0.2) is 0 Å². The second-order valence-electron chi connectivity index (χ2n) is 11.9. The van der Waals surface area contributed by atoms with E-state index < -0.39 is 15.4 Å². The summed E-state index contributed by atoms with van der Waals surface area (Å²) in [6, 6.07) is 35.9. The Hall–Kier alpha value is -1.65. The van der Waals surface area contributed by atoms with Crippen LogP contribution in [0.3, 0.4) is 0 Å². The molecule has 0 spiro atoms. The molecule has 0 bridgehead atoms. The van der Waals surface area contributed by atoms with Crippen LogP contribution in [0.15, 0.2) is 108 Å². The third kappa shape index (κ3) is 4.68. The molecule has 2 atom stereocenters. The van der Waals surface area contributed by atoms with Crippen LogP contribution in [0.2, 0.25) is 9.36 Å². The first-order valence-electron chi connectivity index (χ1n) is 13.0. The molecular formula is C34H36Cl2GeHf. The summed E-state index contributed by atoms with van der Waals surface area (Å²) in [5.74, 6) is 0. The minimum Gasteiger partial charge on any atom is -0.147 e. The van der Waals surface area contributed by atoms with Crippen LogP contribution >= 0.6 is 24.8 Å². The van der Waals surface area contributed by atoms with Crippen LogP contribution < -0.4 is 0 Å². The maximum Gasteiger partial charge on any atom is -0.147 e. The first-order valence-corrected chi connectivity index (χ1v) is 39.1. The summed E-state index contributed by atoms with van der Waals surface area (Å²) < 4.78 is 6.74. The molecule has 0 radical (unpaired) electrons. The summed E-state index contributed by atoms with van der Waals surface area (Å²) in [5.41, 5.74) is 14.7. The molecule has 0 nitrogen and oxygen atoms in total. The molecule has 2 unspecified atom stereocenters. The molecule has 0 saturated carbocycles. The minimum absolute atomic E-state index is 0. The van der Waals surface area contributed by atoms with Crippen LogP contribution in [0.5, 0.6) is 0 Å². The summed E-state index contributed by atoms with van der Waals surface area (Å²) in [7, 11) is 0. The van der Waals surface area contributed by atoms with Crippen LogP contribution in [0.25, 0.3) is 34.4 Å². The minimum atomic E-state index is -3.53. The zero-order valence-corrected chi connectivity index (χ0v) is 30.8. The monoisotopic (exact) mass is 768 g/mol. The summed E-state index contributed by atoms with van der Waals surface area (Å²) in [6.45, 7) is 4.82. The molecule has 6 rings (SSSR count). The Morgan fingerprint density at radius 1 is 0.526 bits per heavy atom. The van der Waals surface area contributed by atoms with Gasteiger partial charge in [-0.3, -0.25) is 0 Å². The third-order valence-corrected chi connectivity index (χ3v) is 41.8. The van der Waals surface area contributed by atoms with Gasteiger partial charge in [0.2, 0.25) is 0 Å². The van der Waals surface area contributed by atoms with Gasteiger partial charge in [0.15, 0.2) is 0 Å². The molecular weight excluding hydrogens is 730 g/mol. The van der Waals surface area contributed by atoms with Gasteiger partial charge in [0.25, 0.3) is 0 Å². The first-order chi connectivity index (χ1) is 17.2. The number of benzene rings is 4. The second-order valence-corrected chi connectivity index (χ2v) is 75.5. The molecule has 0 N–H and O–H groups in total. The summed E-state index contributed by atoms with van der Waals surface area (Å²) in [5, 5.41) is 0. The molecule has 4 aromatic rings. The van der Waals surface area contributed by atoms with Gasteiger partial charge in [-0.05, 0) is 0 Å². The number of allylic oxidation sites excluding steroid dienone is 2. The molecule has 0 aliphatic heterocycles. The van der Waals surface area contributed by atoms with Crippen molar-refractivity contribution < 1.29 is 15.4 Å². The van der Waals surface area contributed by atoms with Crippen molar-refractivity contribution in [2.45, 2.75) is 30.6 Å². The van der Waals surface area contributed by atoms with Crippen molar-refractivity contribution in [1.82, 2.24) is 0 Å². The van der Waals surface area contributed by atoms with Crippen molar-refractivity contribution in [2.75, 3.05) is 0 Å². The second kappa shape index (κ2) is 10.7.